The number of nitrogens with two attached hydrogens (primary N) is 1. The van der Waals surface area contributed by atoms with Gasteiger partial charge in [-0.15, -0.1) is 0 Å². The van der Waals surface area contributed by atoms with Crippen LogP contribution in [0.2, 0.25) is 0 Å². The van der Waals surface area contributed by atoms with Crippen LogP contribution in [0.3, 0.4) is 0 Å². The molecule has 1 aliphatic carbocycles. The first-order valence-corrected chi connectivity index (χ1v) is 7.88. The van der Waals surface area contributed by atoms with Crippen LogP contribution >= 0.6 is 0 Å². The molecule has 0 aromatic heterocycles. The Morgan fingerprint density at radius 3 is 2.33 bits per heavy atom. The van der Waals surface area contributed by atoms with Crippen molar-refractivity contribution in [3.8, 4) is 5.75 Å². The Kier molecular flexibility index (Phi) is 4.26. The normalized spacial score (nSPS) is 15.3. The van der Waals surface area contributed by atoms with Gasteiger partial charge in [0.15, 0.2) is 0 Å². The van der Waals surface area contributed by atoms with Crippen molar-refractivity contribution in [2.24, 2.45) is 5.73 Å². The van der Waals surface area contributed by atoms with E-state index in [1.165, 1.54) is 42.4 Å². The molecular formula is C19H23NO. The van der Waals surface area contributed by atoms with Crippen LogP contribution in [0.4, 0.5) is 0 Å². The molecular weight excluding hydrogens is 258 g/mol. The van der Waals surface area contributed by atoms with Crippen molar-refractivity contribution < 1.29 is 4.74 Å². The first-order valence-electron chi connectivity index (χ1n) is 7.88. The molecule has 110 valence electrons. The number of aryl methyl sites for hydroxylation is 2. The van der Waals surface area contributed by atoms with Crippen molar-refractivity contribution in [2.75, 3.05) is 6.61 Å². The van der Waals surface area contributed by atoms with Gasteiger partial charge in [-0.3, -0.25) is 0 Å². The summed E-state index contributed by atoms with van der Waals surface area (Å²) in [5.74, 6) is 0.902. The average Bonchev–Trinajstić information content (AvgIpc) is 2.55. The smallest absolute Gasteiger partial charge is 0.119 e. The third-order valence-corrected chi connectivity index (χ3v) is 4.28. The zero-order valence-corrected chi connectivity index (χ0v) is 12.6. The molecule has 2 aromatic carbocycles. The van der Waals surface area contributed by atoms with Gasteiger partial charge in [-0.05, 0) is 67.0 Å². The average molecular weight is 281 g/mol. The third-order valence-electron chi connectivity index (χ3n) is 4.28. The van der Waals surface area contributed by atoms with Gasteiger partial charge in [0, 0.05) is 0 Å². The molecule has 0 aliphatic heterocycles. The van der Waals surface area contributed by atoms with Crippen molar-refractivity contribution >= 4 is 0 Å². The standard InChI is InChI=1S/C19H23NO/c1-2-21-18-11-9-15(10-12-18)19(20)17-8-7-14-5-3-4-6-16(14)13-17/h7-13,19H,2-6,20H2,1H3. The van der Waals surface area contributed by atoms with Crippen LogP contribution in [0, 0.1) is 0 Å². The fourth-order valence-electron chi connectivity index (χ4n) is 3.08. The largest absolute Gasteiger partial charge is 0.494 e. The van der Waals surface area contributed by atoms with Gasteiger partial charge in [0.2, 0.25) is 0 Å². The first-order chi connectivity index (χ1) is 10.3. The summed E-state index contributed by atoms with van der Waals surface area (Å²) in [6.45, 7) is 2.68. The summed E-state index contributed by atoms with van der Waals surface area (Å²) in [5, 5.41) is 0. The molecule has 0 saturated carbocycles. The van der Waals surface area contributed by atoms with Gasteiger partial charge >= 0.3 is 0 Å². The molecule has 21 heavy (non-hydrogen) atoms. The molecule has 0 bridgehead atoms. The van der Waals surface area contributed by atoms with Crippen LogP contribution in [0.25, 0.3) is 0 Å². The minimum atomic E-state index is -0.0621. The van der Waals surface area contributed by atoms with Crippen molar-refractivity contribution in [1.29, 1.82) is 0 Å². The zero-order valence-electron chi connectivity index (χ0n) is 12.6. The summed E-state index contributed by atoms with van der Waals surface area (Å²) in [4.78, 5) is 0. The van der Waals surface area contributed by atoms with Crippen molar-refractivity contribution in [1.82, 2.24) is 0 Å². The Hall–Kier alpha value is -1.80. The van der Waals surface area contributed by atoms with Crippen LogP contribution in [0.1, 0.15) is 48.1 Å². The maximum Gasteiger partial charge on any atom is 0.119 e. The lowest BCUT2D eigenvalue weighted by Crippen LogP contribution is -2.13. The van der Waals surface area contributed by atoms with E-state index in [1.807, 2.05) is 19.1 Å². The molecule has 1 atom stereocenters. The molecule has 1 unspecified atom stereocenters. The second-order valence-electron chi connectivity index (χ2n) is 5.71. The molecule has 2 nitrogen and oxygen atoms in total. The van der Waals surface area contributed by atoms with E-state index in [1.54, 1.807) is 0 Å². The topological polar surface area (TPSA) is 35.2 Å². The minimum absolute atomic E-state index is 0.0621. The van der Waals surface area contributed by atoms with Gasteiger partial charge < -0.3 is 10.5 Å². The molecule has 1 aliphatic rings. The molecule has 0 heterocycles. The van der Waals surface area contributed by atoms with E-state index < -0.39 is 0 Å². The van der Waals surface area contributed by atoms with Crippen LogP contribution in [-0.4, -0.2) is 6.61 Å². The highest BCUT2D eigenvalue weighted by molar-refractivity contribution is 5.40. The van der Waals surface area contributed by atoms with Crippen molar-refractivity contribution in [3.63, 3.8) is 0 Å². The quantitative estimate of drug-likeness (QED) is 0.919. The molecule has 2 heteroatoms. The summed E-state index contributed by atoms with van der Waals surface area (Å²) < 4.78 is 5.48. The molecule has 0 fully saturated rings. The lowest BCUT2D eigenvalue weighted by Gasteiger charge is -2.19. The van der Waals surface area contributed by atoms with Gasteiger partial charge in [0.05, 0.1) is 12.6 Å². The van der Waals surface area contributed by atoms with Gasteiger partial charge in [-0.25, -0.2) is 0 Å². The zero-order chi connectivity index (χ0) is 14.7. The van der Waals surface area contributed by atoms with Crippen LogP contribution in [-0.2, 0) is 12.8 Å². The molecule has 0 spiro atoms. The Bertz CT molecular complexity index is 603. The number of hydrogen-bond acceptors (Lipinski definition) is 2. The number of fused-ring (bicyclic) bond motifs is 1. The lowest BCUT2D eigenvalue weighted by atomic mass is 9.88. The Labute approximate surface area is 126 Å². The molecule has 2 N–H and O–H groups in total. The second kappa shape index (κ2) is 6.31. The van der Waals surface area contributed by atoms with E-state index in [9.17, 15) is 0 Å². The monoisotopic (exact) mass is 281 g/mol. The predicted octanol–water partition coefficient (Wildman–Crippen LogP) is 4.01. The fourth-order valence-corrected chi connectivity index (χ4v) is 3.08. The summed E-state index contributed by atoms with van der Waals surface area (Å²) in [6.07, 6.45) is 5.03. The van der Waals surface area contributed by atoms with Crippen LogP contribution in [0.5, 0.6) is 5.75 Å². The highest BCUT2D eigenvalue weighted by atomic mass is 16.5. The number of benzene rings is 2. The Morgan fingerprint density at radius 1 is 0.952 bits per heavy atom. The van der Waals surface area contributed by atoms with Crippen LogP contribution < -0.4 is 10.5 Å². The molecule has 3 rings (SSSR count). The molecule has 0 amide bonds. The molecule has 2 aromatic rings. The number of ether oxygens (including phenoxy) is 1. The third kappa shape index (κ3) is 3.11. The van der Waals surface area contributed by atoms with Gasteiger partial charge in [-0.2, -0.15) is 0 Å². The summed E-state index contributed by atoms with van der Waals surface area (Å²) >= 11 is 0. The minimum Gasteiger partial charge on any atom is -0.494 e. The van der Waals surface area contributed by atoms with Gasteiger partial charge in [0.1, 0.15) is 5.75 Å². The Morgan fingerprint density at radius 2 is 1.62 bits per heavy atom. The second-order valence-corrected chi connectivity index (χ2v) is 5.71. The van der Waals surface area contributed by atoms with Crippen molar-refractivity contribution in [3.05, 3.63) is 64.7 Å². The van der Waals surface area contributed by atoms with E-state index in [4.69, 9.17) is 10.5 Å². The predicted molar refractivity (Wildman–Crippen MR) is 86.7 cm³/mol. The highest BCUT2D eigenvalue weighted by Crippen LogP contribution is 2.27. The highest BCUT2D eigenvalue weighted by Gasteiger charge is 2.14. The fraction of sp³-hybridized carbons (Fsp3) is 0.368. The SMILES string of the molecule is CCOc1ccc(C(N)c2ccc3c(c2)CCCC3)cc1. The van der Waals surface area contributed by atoms with Crippen molar-refractivity contribution in [2.45, 2.75) is 38.6 Å². The first kappa shape index (κ1) is 14.2. The maximum absolute atomic E-state index is 6.43. The molecule has 0 saturated heterocycles. The number of hydrogen-bond donors (Lipinski definition) is 1. The summed E-state index contributed by atoms with van der Waals surface area (Å²) in [7, 11) is 0. The van der Waals surface area contributed by atoms with E-state index in [-0.39, 0.29) is 6.04 Å². The maximum atomic E-state index is 6.43. The molecule has 0 radical (unpaired) electrons. The summed E-state index contributed by atoms with van der Waals surface area (Å²) in [6, 6.07) is 14.8. The van der Waals surface area contributed by atoms with E-state index in [0.29, 0.717) is 6.61 Å². The summed E-state index contributed by atoms with van der Waals surface area (Å²) in [5.41, 5.74) is 11.8. The van der Waals surface area contributed by atoms with E-state index >= 15 is 0 Å². The van der Waals surface area contributed by atoms with E-state index in [2.05, 4.69) is 30.3 Å². The van der Waals surface area contributed by atoms with Gasteiger partial charge in [-0.1, -0.05) is 30.3 Å². The lowest BCUT2D eigenvalue weighted by molar-refractivity contribution is 0.340. The number of rotatable bonds is 4. The Balaban J connectivity index is 1.82. The van der Waals surface area contributed by atoms with Crippen LogP contribution in [0.15, 0.2) is 42.5 Å². The van der Waals surface area contributed by atoms with E-state index in [0.717, 1.165) is 11.3 Å². The van der Waals surface area contributed by atoms with Gasteiger partial charge in [0.25, 0.3) is 0 Å².